The van der Waals surface area contributed by atoms with E-state index in [4.69, 9.17) is 0 Å². The maximum absolute atomic E-state index is 13.3. The molecule has 0 atom stereocenters. The van der Waals surface area contributed by atoms with Crippen LogP contribution in [0.1, 0.15) is 37.7 Å². The van der Waals surface area contributed by atoms with Crippen LogP contribution in [0.15, 0.2) is 24.3 Å². The van der Waals surface area contributed by atoms with Crippen molar-refractivity contribution in [1.82, 2.24) is 9.80 Å². The highest BCUT2D eigenvalue weighted by Gasteiger charge is 2.49. The number of rotatable bonds is 4. The number of carbonyl (C=O) groups is 2. The third kappa shape index (κ3) is 3.42. The van der Waals surface area contributed by atoms with Crippen molar-refractivity contribution in [3.05, 3.63) is 35.6 Å². The Labute approximate surface area is 148 Å². The maximum Gasteiger partial charge on any atom is 0.229 e. The van der Waals surface area contributed by atoms with E-state index in [-0.39, 0.29) is 23.6 Å². The molecule has 3 aliphatic rings. The van der Waals surface area contributed by atoms with Gasteiger partial charge in [-0.15, -0.1) is 0 Å². The van der Waals surface area contributed by atoms with Gasteiger partial charge in [0.25, 0.3) is 0 Å². The Kier molecular flexibility index (Phi) is 4.26. The zero-order chi connectivity index (χ0) is 17.4. The smallest absolute Gasteiger partial charge is 0.229 e. The first-order valence-electron chi connectivity index (χ1n) is 9.37. The molecule has 4 nitrogen and oxygen atoms in total. The Morgan fingerprint density at radius 1 is 1.16 bits per heavy atom. The molecule has 0 unspecified atom stereocenters. The van der Waals surface area contributed by atoms with Crippen molar-refractivity contribution in [1.29, 1.82) is 0 Å². The highest BCUT2D eigenvalue weighted by Crippen LogP contribution is 2.43. The summed E-state index contributed by atoms with van der Waals surface area (Å²) in [6.07, 6.45) is 5.22. The SMILES string of the molecule is O=C(Cc1cccc(F)c1)N1CCC2(CC1)CCN(CC1CC1)C2=O. The Morgan fingerprint density at radius 2 is 1.88 bits per heavy atom. The summed E-state index contributed by atoms with van der Waals surface area (Å²) in [5, 5.41) is 0. The van der Waals surface area contributed by atoms with Crippen molar-refractivity contribution in [2.45, 2.75) is 38.5 Å². The van der Waals surface area contributed by atoms with E-state index in [9.17, 15) is 14.0 Å². The molecule has 134 valence electrons. The summed E-state index contributed by atoms with van der Waals surface area (Å²) in [4.78, 5) is 29.2. The first-order valence-corrected chi connectivity index (χ1v) is 9.37. The van der Waals surface area contributed by atoms with Gasteiger partial charge >= 0.3 is 0 Å². The van der Waals surface area contributed by atoms with Crippen LogP contribution in [0.4, 0.5) is 4.39 Å². The molecule has 1 aromatic carbocycles. The van der Waals surface area contributed by atoms with Crippen molar-refractivity contribution in [3.8, 4) is 0 Å². The highest BCUT2D eigenvalue weighted by atomic mass is 19.1. The Morgan fingerprint density at radius 3 is 2.56 bits per heavy atom. The van der Waals surface area contributed by atoms with E-state index in [2.05, 4.69) is 4.90 Å². The van der Waals surface area contributed by atoms with E-state index in [0.29, 0.717) is 24.6 Å². The van der Waals surface area contributed by atoms with Crippen LogP contribution in [0.2, 0.25) is 0 Å². The molecule has 2 heterocycles. The lowest BCUT2D eigenvalue weighted by atomic mass is 9.77. The first-order chi connectivity index (χ1) is 12.1. The summed E-state index contributed by atoms with van der Waals surface area (Å²) in [6, 6.07) is 6.22. The quantitative estimate of drug-likeness (QED) is 0.842. The van der Waals surface area contributed by atoms with Crippen molar-refractivity contribution < 1.29 is 14.0 Å². The fourth-order valence-corrected chi connectivity index (χ4v) is 4.26. The zero-order valence-electron chi connectivity index (χ0n) is 14.5. The Balaban J connectivity index is 1.33. The summed E-state index contributed by atoms with van der Waals surface area (Å²) in [5.74, 6) is 0.764. The van der Waals surface area contributed by atoms with Gasteiger partial charge in [0.2, 0.25) is 11.8 Å². The molecule has 0 aromatic heterocycles. The second kappa shape index (κ2) is 6.43. The van der Waals surface area contributed by atoms with E-state index < -0.39 is 0 Å². The molecular weight excluding hydrogens is 319 g/mol. The number of hydrogen-bond donors (Lipinski definition) is 0. The van der Waals surface area contributed by atoms with E-state index in [1.807, 2.05) is 4.90 Å². The lowest BCUT2D eigenvalue weighted by molar-refractivity contribution is -0.142. The van der Waals surface area contributed by atoms with Crippen LogP contribution in [-0.2, 0) is 16.0 Å². The summed E-state index contributed by atoms with van der Waals surface area (Å²) in [6.45, 7) is 3.09. The predicted molar refractivity (Wildman–Crippen MR) is 92.3 cm³/mol. The van der Waals surface area contributed by atoms with Gasteiger partial charge in [-0.3, -0.25) is 9.59 Å². The number of likely N-dealkylation sites (tertiary alicyclic amines) is 2. The van der Waals surface area contributed by atoms with Gasteiger partial charge in [0.1, 0.15) is 5.82 Å². The maximum atomic E-state index is 13.3. The number of piperidine rings is 1. The average Bonchev–Trinajstić information content (AvgIpc) is 3.37. The largest absolute Gasteiger partial charge is 0.342 e. The average molecular weight is 344 g/mol. The Bertz CT molecular complexity index is 678. The van der Waals surface area contributed by atoms with Gasteiger partial charge in [0.05, 0.1) is 11.8 Å². The summed E-state index contributed by atoms with van der Waals surface area (Å²) >= 11 is 0. The molecule has 1 saturated carbocycles. The van der Waals surface area contributed by atoms with Gasteiger partial charge in [0.15, 0.2) is 0 Å². The van der Waals surface area contributed by atoms with Gasteiger partial charge < -0.3 is 9.80 Å². The molecule has 2 saturated heterocycles. The lowest BCUT2D eigenvalue weighted by Gasteiger charge is -2.38. The van der Waals surface area contributed by atoms with Gasteiger partial charge in [-0.25, -0.2) is 4.39 Å². The molecule has 25 heavy (non-hydrogen) atoms. The second-order valence-corrected chi connectivity index (χ2v) is 7.91. The van der Waals surface area contributed by atoms with Crippen LogP contribution >= 0.6 is 0 Å². The third-order valence-electron chi connectivity index (χ3n) is 6.09. The van der Waals surface area contributed by atoms with Crippen molar-refractivity contribution >= 4 is 11.8 Å². The number of carbonyl (C=O) groups excluding carboxylic acids is 2. The minimum absolute atomic E-state index is 0.0285. The van der Waals surface area contributed by atoms with Crippen molar-refractivity contribution in [2.24, 2.45) is 11.3 Å². The van der Waals surface area contributed by atoms with Gasteiger partial charge in [-0.1, -0.05) is 12.1 Å². The normalized spacial score (nSPS) is 22.7. The van der Waals surface area contributed by atoms with E-state index in [1.165, 1.54) is 25.0 Å². The predicted octanol–water partition coefficient (Wildman–Crippen LogP) is 2.62. The Hall–Kier alpha value is -1.91. The van der Waals surface area contributed by atoms with Crippen LogP contribution < -0.4 is 0 Å². The lowest BCUT2D eigenvalue weighted by Crippen LogP contribution is -2.47. The first kappa shape index (κ1) is 16.6. The van der Waals surface area contributed by atoms with Crippen LogP contribution in [0.5, 0.6) is 0 Å². The van der Waals surface area contributed by atoms with E-state index in [0.717, 1.165) is 38.3 Å². The molecule has 3 fully saturated rings. The fourth-order valence-electron chi connectivity index (χ4n) is 4.26. The third-order valence-corrected chi connectivity index (χ3v) is 6.09. The summed E-state index contributed by atoms with van der Waals surface area (Å²) in [5.41, 5.74) is 0.475. The number of nitrogens with zero attached hydrogens (tertiary/aromatic N) is 2. The van der Waals surface area contributed by atoms with Crippen molar-refractivity contribution in [3.63, 3.8) is 0 Å². The standard InChI is InChI=1S/C20H25FN2O2/c21-17-3-1-2-16(12-17)13-18(24)22-9-6-20(7-10-22)8-11-23(19(20)25)14-15-4-5-15/h1-3,12,15H,4-11,13-14H2. The number of hydrogen-bond acceptors (Lipinski definition) is 2. The molecule has 0 bridgehead atoms. The minimum Gasteiger partial charge on any atom is -0.342 e. The molecular formula is C20H25FN2O2. The van der Waals surface area contributed by atoms with Gasteiger partial charge in [-0.05, 0) is 55.7 Å². The molecule has 1 aliphatic carbocycles. The highest BCUT2D eigenvalue weighted by molar-refractivity contribution is 5.85. The van der Waals surface area contributed by atoms with Crippen molar-refractivity contribution in [2.75, 3.05) is 26.2 Å². The second-order valence-electron chi connectivity index (χ2n) is 7.91. The van der Waals surface area contributed by atoms with Crippen LogP contribution in [0, 0.1) is 17.2 Å². The number of benzene rings is 1. The van der Waals surface area contributed by atoms with E-state index in [1.54, 1.807) is 12.1 Å². The fraction of sp³-hybridized carbons (Fsp3) is 0.600. The zero-order valence-corrected chi connectivity index (χ0v) is 14.5. The molecule has 5 heteroatoms. The molecule has 2 aliphatic heterocycles. The molecule has 0 radical (unpaired) electrons. The minimum atomic E-state index is -0.310. The molecule has 1 aromatic rings. The summed E-state index contributed by atoms with van der Waals surface area (Å²) in [7, 11) is 0. The van der Waals surface area contributed by atoms with Gasteiger partial charge in [-0.2, -0.15) is 0 Å². The van der Waals surface area contributed by atoms with Crippen LogP contribution in [0.25, 0.3) is 0 Å². The summed E-state index contributed by atoms with van der Waals surface area (Å²) < 4.78 is 13.3. The van der Waals surface area contributed by atoms with Crippen LogP contribution in [0.3, 0.4) is 0 Å². The topological polar surface area (TPSA) is 40.6 Å². The number of halogens is 1. The molecule has 2 amide bonds. The molecule has 0 N–H and O–H groups in total. The molecule has 4 rings (SSSR count). The number of amides is 2. The van der Waals surface area contributed by atoms with Gasteiger partial charge in [0, 0.05) is 26.2 Å². The van der Waals surface area contributed by atoms with E-state index >= 15 is 0 Å². The monoisotopic (exact) mass is 344 g/mol. The van der Waals surface area contributed by atoms with Crippen LogP contribution in [-0.4, -0.2) is 47.8 Å². The molecule has 1 spiro atoms.